The Morgan fingerprint density at radius 3 is 2.51 bits per heavy atom. The second-order valence-corrected chi connectivity index (χ2v) is 10.4. The van der Waals surface area contributed by atoms with Crippen LogP contribution in [-0.4, -0.2) is 59.4 Å². The molecular weight excluding hydrogens is 487 g/mol. The van der Waals surface area contributed by atoms with Crippen LogP contribution in [0.3, 0.4) is 0 Å². The zero-order chi connectivity index (χ0) is 25.5. The Kier molecular flexibility index (Phi) is 6.40. The minimum atomic E-state index is -4.67. The molecular formula is C22H22F3N5O4S. The summed E-state index contributed by atoms with van der Waals surface area (Å²) in [4.78, 5) is 31.3. The molecule has 0 atom stereocenters. The van der Waals surface area contributed by atoms with Crippen LogP contribution in [0.1, 0.15) is 19.4 Å². The normalized spacial score (nSPS) is 15.2. The SMILES string of the molecule is CCN1CC(C(=O)Nc2cnc(-n3ncc4ccc(C(F)(F)F)cc4c3=O)c(S(=O)(=O)CC)c2)C1. The number of carbonyl (C=O) groups excluding carboxylic acids is 1. The first kappa shape index (κ1) is 24.8. The largest absolute Gasteiger partial charge is 0.416 e. The predicted molar refractivity (Wildman–Crippen MR) is 122 cm³/mol. The van der Waals surface area contributed by atoms with E-state index < -0.39 is 27.1 Å². The van der Waals surface area contributed by atoms with E-state index >= 15 is 0 Å². The van der Waals surface area contributed by atoms with Crippen molar-refractivity contribution < 1.29 is 26.4 Å². The van der Waals surface area contributed by atoms with E-state index in [1.165, 1.54) is 19.2 Å². The Labute approximate surface area is 198 Å². The molecule has 4 rings (SSSR count). The molecule has 3 aromatic rings. The van der Waals surface area contributed by atoms with Crippen molar-refractivity contribution >= 4 is 32.2 Å². The second-order valence-electron chi connectivity index (χ2n) is 8.15. The molecule has 35 heavy (non-hydrogen) atoms. The fraction of sp³-hybridized carbons (Fsp3) is 0.364. The number of halogens is 3. The number of hydrogen-bond acceptors (Lipinski definition) is 7. The zero-order valence-corrected chi connectivity index (χ0v) is 19.7. The van der Waals surface area contributed by atoms with Gasteiger partial charge in [0.2, 0.25) is 5.91 Å². The highest BCUT2D eigenvalue weighted by atomic mass is 32.2. The summed E-state index contributed by atoms with van der Waals surface area (Å²) in [5.74, 6) is -1.23. The van der Waals surface area contributed by atoms with Crippen molar-refractivity contribution in [1.82, 2.24) is 19.7 Å². The van der Waals surface area contributed by atoms with Crippen molar-refractivity contribution in [3.05, 3.63) is 52.6 Å². The lowest BCUT2D eigenvalue weighted by molar-refractivity contribution is -0.137. The van der Waals surface area contributed by atoms with Crippen molar-refractivity contribution in [2.45, 2.75) is 24.9 Å². The van der Waals surface area contributed by atoms with Gasteiger partial charge in [0.1, 0.15) is 4.90 Å². The van der Waals surface area contributed by atoms with E-state index in [-0.39, 0.29) is 44.8 Å². The predicted octanol–water partition coefficient (Wildman–Crippen LogP) is 2.48. The number of nitrogens with one attached hydrogen (secondary N) is 1. The van der Waals surface area contributed by atoms with Crippen LogP contribution in [0.2, 0.25) is 0 Å². The average molecular weight is 510 g/mol. The molecule has 0 bridgehead atoms. The molecule has 1 N–H and O–H groups in total. The van der Waals surface area contributed by atoms with E-state index in [0.29, 0.717) is 23.8 Å². The molecule has 1 amide bonds. The lowest BCUT2D eigenvalue weighted by Crippen LogP contribution is -2.51. The molecule has 0 aliphatic carbocycles. The lowest BCUT2D eigenvalue weighted by Gasteiger charge is -2.37. The quantitative estimate of drug-likeness (QED) is 0.543. The molecule has 1 saturated heterocycles. The summed E-state index contributed by atoms with van der Waals surface area (Å²) in [7, 11) is -3.96. The number of carbonyl (C=O) groups is 1. The molecule has 9 nitrogen and oxygen atoms in total. The van der Waals surface area contributed by atoms with E-state index in [9.17, 15) is 31.2 Å². The maximum absolute atomic E-state index is 13.2. The zero-order valence-electron chi connectivity index (χ0n) is 18.8. The van der Waals surface area contributed by atoms with Crippen molar-refractivity contribution in [3.8, 4) is 5.82 Å². The second kappa shape index (κ2) is 9.04. The molecule has 1 aromatic carbocycles. The summed E-state index contributed by atoms with van der Waals surface area (Å²) in [5.41, 5.74) is -1.86. The van der Waals surface area contributed by atoms with Gasteiger partial charge in [0.15, 0.2) is 15.7 Å². The van der Waals surface area contributed by atoms with Crippen LogP contribution in [0.5, 0.6) is 0 Å². The average Bonchev–Trinajstić information content (AvgIpc) is 2.78. The van der Waals surface area contributed by atoms with Gasteiger partial charge in [-0.1, -0.05) is 19.9 Å². The summed E-state index contributed by atoms with van der Waals surface area (Å²) in [6.07, 6.45) is -2.33. The molecule has 186 valence electrons. The van der Waals surface area contributed by atoms with E-state index in [2.05, 4.69) is 20.3 Å². The number of alkyl halides is 3. The third-order valence-electron chi connectivity index (χ3n) is 5.91. The van der Waals surface area contributed by atoms with E-state index in [0.717, 1.165) is 24.9 Å². The summed E-state index contributed by atoms with van der Waals surface area (Å²) in [6, 6.07) is 3.82. The van der Waals surface area contributed by atoms with Crippen LogP contribution < -0.4 is 10.9 Å². The van der Waals surface area contributed by atoms with Gasteiger partial charge < -0.3 is 10.2 Å². The standard InChI is InChI=1S/C22H22F3N5O4S/c1-3-29-11-14(12-29)20(31)28-16-8-18(35(33,34)4-2)19(26-10-16)30-21(32)17-7-15(22(23,24)25)6-5-13(17)9-27-30/h5-10,14H,3-4,11-12H2,1-2H3,(H,28,31). The monoisotopic (exact) mass is 509 g/mol. The molecule has 1 aliphatic heterocycles. The van der Waals surface area contributed by atoms with Crippen molar-refractivity contribution in [1.29, 1.82) is 0 Å². The highest BCUT2D eigenvalue weighted by molar-refractivity contribution is 7.91. The molecule has 13 heteroatoms. The Morgan fingerprint density at radius 2 is 1.89 bits per heavy atom. The number of likely N-dealkylation sites (tertiary alicyclic amines) is 1. The van der Waals surface area contributed by atoms with Gasteiger partial charge in [-0.05, 0) is 24.7 Å². The number of amides is 1. The number of sulfone groups is 1. The molecule has 1 aliphatic rings. The topological polar surface area (TPSA) is 114 Å². The third kappa shape index (κ3) is 4.78. The molecule has 0 saturated carbocycles. The number of nitrogens with zero attached hydrogens (tertiary/aromatic N) is 4. The smallest absolute Gasteiger partial charge is 0.324 e. The first-order chi connectivity index (χ1) is 16.4. The summed E-state index contributed by atoms with van der Waals surface area (Å²) in [5, 5.41) is 6.45. The number of benzene rings is 1. The van der Waals surface area contributed by atoms with Gasteiger partial charge in [0.25, 0.3) is 5.56 Å². The third-order valence-corrected chi connectivity index (χ3v) is 7.64. The van der Waals surface area contributed by atoms with Gasteiger partial charge in [0, 0.05) is 18.5 Å². The molecule has 2 aromatic heterocycles. The Bertz CT molecular complexity index is 1460. The first-order valence-electron chi connectivity index (χ1n) is 10.8. The minimum absolute atomic E-state index is 0.119. The van der Waals surface area contributed by atoms with Crippen LogP contribution in [-0.2, 0) is 20.8 Å². The van der Waals surface area contributed by atoms with Gasteiger partial charge in [-0.25, -0.2) is 13.4 Å². The number of fused-ring (bicyclic) bond motifs is 1. The van der Waals surface area contributed by atoms with Gasteiger partial charge in [-0.3, -0.25) is 9.59 Å². The summed E-state index contributed by atoms with van der Waals surface area (Å²) < 4.78 is 65.8. The number of aromatic nitrogens is 3. The maximum Gasteiger partial charge on any atom is 0.416 e. The lowest BCUT2D eigenvalue weighted by atomic mass is 9.99. The van der Waals surface area contributed by atoms with E-state index in [1.807, 2.05) is 6.92 Å². The minimum Gasteiger partial charge on any atom is -0.324 e. The first-order valence-corrected chi connectivity index (χ1v) is 12.5. The van der Waals surface area contributed by atoms with Crippen molar-refractivity contribution in [3.63, 3.8) is 0 Å². The molecule has 0 radical (unpaired) electrons. The molecule has 0 unspecified atom stereocenters. The van der Waals surface area contributed by atoms with Crippen LogP contribution >= 0.6 is 0 Å². The fourth-order valence-electron chi connectivity index (χ4n) is 3.76. The van der Waals surface area contributed by atoms with Gasteiger partial charge in [-0.2, -0.15) is 23.0 Å². The van der Waals surface area contributed by atoms with Gasteiger partial charge in [-0.15, -0.1) is 0 Å². The number of hydrogen-bond donors (Lipinski definition) is 1. The molecule has 1 fully saturated rings. The van der Waals surface area contributed by atoms with E-state index in [1.54, 1.807) is 0 Å². The van der Waals surface area contributed by atoms with Crippen molar-refractivity contribution in [2.75, 3.05) is 30.7 Å². The van der Waals surface area contributed by atoms with Crippen LogP contribution in [0, 0.1) is 5.92 Å². The van der Waals surface area contributed by atoms with Crippen LogP contribution in [0.15, 0.2) is 46.3 Å². The van der Waals surface area contributed by atoms with Crippen LogP contribution in [0.25, 0.3) is 16.6 Å². The summed E-state index contributed by atoms with van der Waals surface area (Å²) >= 11 is 0. The highest BCUT2D eigenvalue weighted by Crippen LogP contribution is 2.31. The maximum atomic E-state index is 13.2. The van der Waals surface area contributed by atoms with Gasteiger partial charge in [0.05, 0.1) is 40.7 Å². The number of pyridine rings is 1. The fourth-order valence-corrected chi connectivity index (χ4v) is 4.79. The number of anilines is 1. The van der Waals surface area contributed by atoms with Crippen molar-refractivity contribution in [2.24, 2.45) is 5.92 Å². The number of rotatable bonds is 6. The Morgan fingerprint density at radius 1 is 1.17 bits per heavy atom. The highest BCUT2D eigenvalue weighted by Gasteiger charge is 2.32. The molecule has 3 heterocycles. The van der Waals surface area contributed by atoms with Crippen LogP contribution in [0.4, 0.5) is 18.9 Å². The summed E-state index contributed by atoms with van der Waals surface area (Å²) in [6.45, 7) is 5.36. The Hall–Kier alpha value is -3.32. The van der Waals surface area contributed by atoms with E-state index in [4.69, 9.17) is 0 Å². The Balaban J connectivity index is 1.78. The van der Waals surface area contributed by atoms with Gasteiger partial charge >= 0.3 is 6.18 Å². The molecule has 0 spiro atoms.